The molecule has 0 saturated heterocycles. The number of carbonyl (C=O) groups excluding carboxylic acids is 2. The van der Waals surface area contributed by atoms with Crippen molar-refractivity contribution in [1.82, 2.24) is 5.32 Å². The number of nitrogens with one attached hydrogen (secondary N) is 1. The van der Waals surface area contributed by atoms with E-state index in [0.717, 1.165) is 0 Å². The van der Waals surface area contributed by atoms with Gasteiger partial charge in [-0.05, 0) is 11.4 Å². The van der Waals surface area contributed by atoms with Gasteiger partial charge in [0.15, 0.2) is 6.29 Å². The number of aliphatic hydroxyl groups is 2. The lowest BCUT2D eigenvalue weighted by atomic mass is 10.1. The number of carbonyl (C=O) groups is 2. The molecule has 0 aliphatic carbocycles. The zero-order valence-electron chi connectivity index (χ0n) is 8.71. The van der Waals surface area contributed by atoms with Crippen LogP contribution in [0.2, 0.25) is 0 Å². The Balaban J connectivity index is 2.66. The van der Waals surface area contributed by atoms with E-state index in [2.05, 4.69) is 5.32 Å². The highest BCUT2D eigenvalue weighted by Gasteiger charge is 2.21. The standard InChI is InChI=1S/C10H13NO4S/c1-6(13)11-4-8(14)10(15)7-2-3-16-9(7)5-12/h2-3,5,8,10,14-15H,4H2,1H3,(H,11,13). The topological polar surface area (TPSA) is 86.6 Å². The molecule has 3 N–H and O–H groups in total. The first-order chi connectivity index (χ1) is 7.56. The average molecular weight is 243 g/mol. The van der Waals surface area contributed by atoms with E-state index in [1.165, 1.54) is 18.3 Å². The van der Waals surface area contributed by atoms with Crippen LogP contribution < -0.4 is 5.32 Å². The summed E-state index contributed by atoms with van der Waals surface area (Å²) in [7, 11) is 0. The molecular weight excluding hydrogens is 230 g/mol. The fraction of sp³-hybridized carbons (Fsp3) is 0.400. The Morgan fingerprint density at radius 2 is 2.31 bits per heavy atom. The maximum atomic E-state index is 10.6. The Bertz CT molecular complexity index is 377. The van der Waals surface area contributed by atoms with E-state index in [4.69, 9.17) is 0 Å². The van der Waals surface area contributed by atoms with Crippen LogP contribution in [0.1, 0.15) is 28.3 Å². The Hall–Kier alpha value is -1.24. The average Bonchev–Trinajstić information content (AvgIpc) is 2.72. The van der Waals surface area contributed by atoms with Crippen LogP contribution in [0.3, 0.4) is 0 Å². The van der Waals surface area contributed by atoms with E-state index < -0.39 is 12.2 Å². The smallest absolute Gasteiger partial charge is 0.216 e. The van der Waals surface area contributed by atoms with Crippen molar-refractivity contribution < 1.29 is 19.8 Å². The van der Waals surface area contributed by atoms with Crippen molar-refractivity contribution >= 4 is 23.5 Å². The van der Waals surface area contributed by atoms with Gasteiger partial charge in [0.2, 0.25) is 5.91 Å². The first kappa shape index (κ1) is 12.8. The Morgan fingerprint density at radius 3 is 2.88 bits per heavy atom. The second kappa shape index (κ2) is 5.74. The molecule has 0 radical (unpaired) electrons. The molecule has 1 heterocycles. The zero-order chi connectivity index (χ0) is 12.1. The fourth-order valence-electron chi connectivity index (χ4n) is 1.24. The fourth-order valence-corrected chi connectivity index (χ4v) is 1.98. The minimum atomic E-state index is -1.17. The summed E-state index contributed by atoms with van der Waals surface area (Å²) in [6, 6.07) is 1.58. The number of amides is 1. The van der Waals surface area contributed by atoms with Crippen LogP contribution in [0.15, 0.2) is 11.4 Å². The molecule has 16 heavy (non-hydrogen) atoms. The van der Waals surface area contributed by atoms with E-state index in [9.17, 15) is 19.8 Å². The molecule has 1 aromatic rings. The highest BCUT2D eigenvalue weighted by atomic mass is 32.1. The van der Waals surface area contributed by atoms with Gasteiger partial charge in [0.1, 0.15) is 12.2 Å². The van der Waals surface area contributed by atoms with Crippen molar-refractivity contribution in [3.8, 4) is 0 Å². The SMILES string of the molecule is CC(=O)NCC(O)C(O)c1ccsc1C=O. The van der Waals surface area contributed by atoms with Gasteiger partial charge in [0.25, 0.3) is 0 Å². The van der Waals surface area contributed by atoms with E-state index in [1.54, 1.807) is 11.4 Å². The number of thiophene rings is 1. The Kier molecular flexibility index (Phi) is 4.60. The summed E-state index contributed by atoms with van der Waals surface area (Å²) in [5, 5.41) is 23.4. The number of hydrogen-bond acceptors (Lipinski definition) is 5. The van der Waals surface area contributed by atoms with Crippen LogP contribution in [0, 0.1) is 0 Å². The molecule has 1 amide bonds. The van der Waals surface area contributed by atoms with E-state index in [-0.39, 0.29) is 12.5 Å². The van der Waals surface area contributed by atoms with Gasteiger partial charge in [0, 0.05) is 19.0 Å². The van der Waals surface area contributed by atoms with Crippen molar-refractivity contribution in [2.75, 3.05) is 6.54 Å². The maximum absolute atomic E-state index is 10.6. The third-order valence-corrected chi connectivity index (χ3v) is 2.94. The molecule has 0 spiro atoms. The second-order valence-corrected chi connectivity index (χ2v) is 4.26. The van der Waals surface area contributed by atoms with Crippen LogP contribution in [0.4, 0.5) is 0 Å². The van der Waals surface area contributed by atoms with Crippen molar-refractivity contribution in [2.24, 2.45) is 0 Å². The van der Waals surface area contributed by atoms with Gasteiger partial charge in [0.05, 0.1) is 4.88 Å². The van der Waals surface area contributed by atoms with Gasteiger partial charge < -0.3 is 15.5 Å². The summed E-state index contributed by atoms with van der Waals surface area (Å²) >= 11 is 1.19. The number of hydrogen-bond donors (Lipinski definition) is 3. The summed E-state index contributed by atoms with van der Waals surface area (Å²) < 4.78 is 0. The summed E-state index contributed by atoms with van der Waals surface area (Å²) in [6.07, 6.45) is -1.66. The number of aliphatic hydroxyl groups excluding tert-OH is 2. The third-order valence-electron chi connectivity index (χ3n) is 2.08. The highest BCUT2D eigenvalue weighted by Crippen LogP contribution is 2.24. The molecule has 1 aromatic heterocycles. The first-order valence-corrected chi connectivity index (χ1v) is 5.57. The van der Waals surface area contributed by atoms with Crippen LogP contribution in [-0.4, -0.2) is 35.1 Å². The molecule has 0 aliphatic rings. The van der Waals surface area contributed by atoms with Crippen LogP contribution >= 0.6 is 11.3 Å². The van der Waals surface area contributed by atoms with Gasteiger partial charge in [-0.1, -0.05) is 0 Å². The minimum Gasteiger partial charge on any atom is -0.388 e. The van der Waals surface area contributed by atoms with Crippen molar-refractivity contribution in [1.29, 1.82) is 0 Å². The van der Waals surface area contributed by atoms with Gasteiger partial charge >= 0.3 is 0 Å². The van der Waals surface area contributed by atoms with Gasteiger partial charge in [-0.2, -0.15) is 0 Å². The lowest BCUT2D eigenvalue weighted by Gasteiger charge is -2.17. The summed E-state index contributed by atoms with van der Waals surface area (Å²) in [5.74, 6) is -0.285. The zero-order valence-corrected chi connectivity index (χ0v) is 9.53. The molecule has 6 heteroatoms. The van der Waals surface area contributed by atoms with Crippen molar-refractivity contribution in [2.45, 2.75) is 19.1 Å². The molecule has 2 atom stereocenters. The van der Waals surface area contributed by atoms with E-state index in [1.807, 2.05) is 0 Å². The van der Waals surface area contributed by atoms with Gasteiger partial charge in [-0.25, -0.2) is 0 Å². The minimum absolute atomic E-state index is 0.0509. The summed E-state index contributed by atoms with van der Waals surface area (Å²) in [6.45, 7) is 1.27. The molecule has 0 fully saturated rings. The molecule has 88 valence electrons. The lowest BCUT2D eigenvalue weighted by Crippen LogP contribution is -2.34. The normalized spacial score (nSPS) is 14.2. The summed E-state index contributed by atoms with van der Waals surface area (Å²) in [4.78, 5) is 21.6. The number of rotatable bonds is 5. The third kappa shape index (κ3) is 3.13. The molecule has 0 aromatic carbocycles. The Morgan fingerprint density at radius 1 is 1.62 bits per heavy atom. The van der Waals surface area contributed by atoms with Crippen LogP contribution in [0.25, 0.3) is 0 Å². The van der Waals surface area contributed by atoms with Crippen molar-refractivity contribution in [3.05, 3.63) is 21.9 Å². The predicted octanol–water partition coefficient (Wildman–Crippen LogP) is 0.0910. The van der Waals surface area contributed by atoms with Crippen LogP contribution in [0.5, 0.6) is 0 Å². The Labute approximate surface area is 96.7 Å². The van der Waals surface area contributed by atoms with Crippen molar-refractivity contribution in [3.63, 3.8) is 0 Å². The monoisotopic (exact) mass is 243 g/mol. The van der Waals surface area contributed by atoms with E-state index in [0.29, 0.717) is 16.7 Å². The number of aldehydes is 1. The first-order valence-electron chi connectivity index (χ1n) is 4.69. The molecule has 1 rings (SSSR count). The molecule has 5 nitrogen and oxygen atoms in total. The maximum Gasteiger partial charge on any atom is 0.216 e. The molecule has 0 bridgehead atoms. The summed E-state index contributed by atoms with van der Waals surface area (Å²) in [5.41, 5.74) is 0.387. The molecule has 0 aliphatic heterocycles. The predicted molar refractivity (Wildman–Crippen MR) is 59.4 cm³/mol. The largest absolute Gasteiger partial charge is 0.388 e. The molecular formula is C10H13NO4S. The molecule has 2 unspecified atom stereocenters. The van der Waals surface area contributed by atoms with Crippen LogP contribution in [-0.2, 0) is 4.79 Å². The molecule has 0 saturated carbocycles. The van der Waals surface area contributed by atoms with E-state index >= 15 is 0 Å². The van der Waals surface area contributed by atoms with Gasteiger partial charge in [-0.3, -0.25) is 9.59 Å². The highest BCUT2D eigenvalue weighted by molar-refractivity contribution is 7.11. The second-order valence-electron chi connectivity index (χ2n) is 3.31. The quantitative estimate of drug-likeness (QED) is 0.640. The lowest BCUT2D eigenvalue weighted by molar-refractivity contribution is -0.119. The van der Waals surface area contributed by atoms with Gasteiger partial charge in [-0.15, -0.1) is 11.3 Å².